The molecule has 1 atom stereocenters. The summed E-state index contributed by atoms with van der Waals surface area (Å²) in [5, 5.41) is 9.25. The summed E-state index contributed by atoms with van der Waals surface area (Å²) in [5.74, 6) is 0.698. The lowest BCUT2D eigenvalue weighted by molar-refractivity contribution is -0.0161. The number of nitrogens with one attached hydrogen (secondary N) is 3. The number of aliphatic imine (C=N–C) groups is 1. The van der Waals surface area contributed by atoms with Crippen LogP contribution in [0.5, 0.6) is 0 Å². The summed E-state index contributed by atoms with van der Waals surface area (Å²) in [6, 6.07) is 7.67. The van der Waals surface area contributed by atoms with Crippen molar-refractivity contribution >= 4 is 11.9 Å². The number of carbonyl (C=O) groups excluding carboxylic acids is 1. The highest BCUT2D eigenvalue weighted by Gasteiger charge is 2.17. The van der Waals surface area contributed by atoms with E-state index in [-0.39, 0.29) is 12.0 Å². The van der Waals surface area contributed by atoms with Crippen molar-refractivity contribution in [2.24, 2.45) is 4.99 Å². The zero-order valence-corrected chi connectivity index (χ0v) is 15.3. The van der Waals surface area contributed by atoms with E-state index in [1.165, 1.54) is 0 Å². The van der Waals surface area contributed by atoms with Crippen molar-refractivity contribution in [3.8, 4) is 0 Å². The second-order valence-corrected chi connectivity index (χ2v) is 6.16. The molecule has 0 saturated carbocycles. The first kappa shape index (κ1) is 19.2. The number of amides is 1. The van der Waals surface area contributed by atoms with Gasteiger partial charge in [0.1, 0.15) is 0 Å². The third kappa shape index (κ3) is 6.36. The van der Waals surface area contributed by atoms with Crippen LogP contribution in [0.25, 0.3) is 0 Å². The van der Waals surface area contributed by atoms with Crippen molar-refractivity contribution in [3.05, 3.63) is 35.4 Å². The Labute approximate surface area is 149 Å². The second-order valence-electron chi connectivity index (χ2n) is 6.16. The molecule has 0 spiro atoms. The summed E-state index contributed by atoms with van der Waals surface area (Å²) in [6.45, 7) is 4.16. The molecule has 138 valence electrons. The van der Waals surface area contributed by atoms with Crippen LogP contribution in [0.1, 0.15) is 15.9 Å². The predicted molar refractivity (Wildman–Crippen MR) is 100 cm³/mol. The van der Waals surface area contributed by atoms with Gasteiger partial charge in [-0.1, -0.05) is 12.1 Å². The second kappa shape index (κ2) is 10.0. The number of carbonyl (C=O) groups is 1. The van der Waals surface area contributed by atoms with E-state index in [9.17, 15) is 4.79 Å². The van der Waals surface area contributed by atoms with E-state index in [1.807, 2.05) is 24.3 Å². The minimum absolute atomic E-state index is 0.0651. The van der Waals surface area contributed by atoms with Crippen molar-refractivity contribution in [1.82, 2.24) is 20.9 Å². The molecule has 0 bridgehead atoms. The molecule has 1 heterocycles. The van der Waals surface area contributed by atoms with Gasteiger partial charge in [0.25, 0.3) is 5.91 Å². The quantitative estimate of drug-likeness (QED) is 0.502. The molecule has 1 amide bonds. The fourth-order valence-corrected chi connectivity index (χ4v) is 2.76. The van der Waals surface area contributed by atoms with Crippen molar-refractivity contribution in [2.45, 2.75) is 12.5 Å². The van der Waals surface area contributed by atoms with Gasteiger partial charge in [-0.3, -0.25) is 9.79 Å². The lowest BCUT2D eigenvalue weighted by atomic mass is 10.1. The number of hydrogen-bond acceptors (Lipinski definition) is 4. The summed E-state index contributed by atoms with van der Waals surface area (Å²) in [5.41, 5.74) is 1.79. The third-order valence-electron chi connectivity index (χ3n) is 4.19. The average Bonchev–Trinajstić information content (AvgIpc) is 2.64. The Kier molecular flexibility index (Phi) is 7.69. The summed E-state index contributed by atoms with van der Waals surface area (Å²) < 4.78 is 5.74. The Hall–Kier alpha value is -2.12. The van der Waals surface area contributed by atoms with Crippen molar-refractivity contribution < 1.29 is 9.53 Å². The minimum Gasteiger partial charge on any atom is -0.374 e. The van der Waals surface area contributed by atoms with Crippen LogP contribution in [0.15, 0.2) is 29.3 Å². The monoisotopic (exact) mass is 347 g/mol. The molecule has 3 N–H and O–H groups in total. The van der Waals surface area contributed by atoms with Gasteiger partial charge in [0.2, 0.25) is 0 Å². The molecule has 2 rings (SSSR count). The Bertz CT molecular complexity index is 591. The van der Waals surface area contributed by atoms with E-state index in [1.54, 1.807) is 14.1 Å². The highest BCUT2D eigenvalue weighted by molar-refractivity contribution is 5.94. The van der Waals surface area contributed by atoms with Gasteiger partial charge in [0, 0.05) is 45.8 Å². The van der Waals surface area contributed by atoms with E-state index < -0.39 is 0 Å². The lowest BCUT2D eigenvalue weighted by Crippen LogP contribution is -2.48. The summed E-state index contributed by atoms with van der Waals surface area (Å²) in [6.07, 6.45) is 0.996. The van der Waals surface area contributed by atoms with Crippen LogP contribution in [0, 0.1) is 0 Å². The van der Waals surface area contributed by atoms with E-state index >= 15 is 0 Å². The van der Waals surface area contributed by atoms with Gasteiger partial charge in [-0.15, -0.1) is 0 Å². The maximum Gasteiger partial charge on any atom is 0.251 e. The Morgan fingerprint density at radius 3 is 2.96 bits per heavy atom. The zero-order valence-electron chi connectivity index (χ0n) is 15.3. The van der Waals surface area contributed by atoms with Crippen LogP contribution in [-0.4, -0.2) is 76.8 Å². The maximum atomic E-state index is 11.7. The highest BCUT2D eigenvalue weighted by Crippen LogP contribution is 2.06. The standard InChI is InChI=1S/C18H29N5O2/c1-19-17(24)15-6-4-5-14(11-15)7-8-21-18(20-2)22-12-16-13-23(3)9-10-25-16/h4-6,11,16H,7-10,12-13H2,1-3H3,(H,19,24)(H2,20,21,22). The van der Waals surface area contributed by atoms with Crippen LogP contribution >= 0.6 is 0 Å². The summed E-state index contributed by atoms with van der Waals surface area (Å²) in [4.78, 5) is 18.2. The number of nitrogens with zero attached hydrogens (tertiary/aromatic N) is 2. The van der Waals surface area contributed by atoms with Crippen molar-refractivity contribution in [1.29, 1.82) is 0 Å². The highest BCUT2D eigenvalue weighted by atomic mass is 16.5. The van der Waals surface area contributed by atoms with Gasteiger partial charge in [-0.05, 0) is 31.2 Å². The fourth-order valence-electron chi connectivity index (χ4n) is 2.76. The van der Waals surface area contributed by atoms with Crippen LogP contribution < -0.4 is 16.0 Å². The number of hydrogen-bond donors (Lipinski definition) is 3. The van der Waals surface area contributed by atoms with Crippen LogP contribution in [0.4, 0.5) is 0 Å². The number of guanidine groups is 1. The van der Waals surface area contributed by atoms with Gasteiger partial charge < -0.3 is 25.6 Å². The number of benzene rings is 1. The Morgan fingerprint density at radius 1 is 1.40 bits per heavy atom. The lowest BCUT2D eigenvalue weighted by Gasteiger charge is -2.30. The SMILES string of the molecule is CN=C(NCCc1cccc(C(=O)NC)c1)NCC1CN(C)CCO1. The smallest absolute Gasteiger partial charge is 0.251 e. The molecule has 0 aliphatic carbocycles. The van der Waals surface area contributed by atoms with Crippen molar-refractivity contribution in [2.75, 3.05) is 53.9 Å². The third-order valence-corrected chi connectivity index (χ3v) is 4.19. The van der Waals surface area contributed by atoms with Crippen molar-refractivity contribution in [3.63, 3.8) is 0 Å². The molecule has 1 saturated heterocycles. The first-order valence-electron chi connectivity index (χ1n) is 8.68. The zero-order chi connectivity index (χ0) is 18.1. The van der Waals surface area contributed by atoms with Gasteiger partial charge in [0.15, 0.2) is 5.96 Å². The molecule has 1 aliphatic heterocycles. The van der Waals surface area contributed by atoms with E-state index in [2.05, 4.69) is 32.9 Å². The molecule has 0 aromatic heterocycles. The van der Waals surface area contributed by atoms with E-state index in [0.717, 1.165) is 50.7 Å². The predicted octanol–water partition coefficient (Wildman–Crippen LogP) is 0.0843. The number of ether oxygens (including phenoxy) is 1. The first-order chi connectivity index (χ1) is 12.1. The number of rotatable bonds is 6. The molecule has 1 unspecified atom stereocenters. The maximum absolute atomic E-state index is 11.7. The van der Waals surface area contributed by atoms with Gasteiger partial charge in [0.05, 0.1) is 12.7 Å². The molecule has 1 fully saturated rings. The van der Waals surface area contributed by atoms with Gasteiger partial charge >= 0.3 is 0 Å². The van der Waals surface area contributed by atoms with Crippen LogP contribution in [-0.2, 0) is 11.2 Å². The van der Waals surface area contributed by atoms with Crippen LogP contribution in [0.2, 0.25) is 0 Å². The molecule has 7 nitrogen and oxygen atoms in total. The normalized spacial score (nSPS) is 18.7. The van der Waals surface area contributed by atoms with E-state index in [4.69, 9.17) is 4.74 Å². The van der Waals surface area contributed by atoms with Gasteiger partial charge in [-0.2, -0.15) is 0 Å². The number of morpholine rings is 1. The molecule has 1 aromatic rings. The average molecular weight is 347 g/mol. The summed E-state index contributed by atoms with van der Waals surface area (Å²) in [7, 11) is 5.50. The minimum atomic E-state index is -0.0651. The Morgan fingerprint density at radius 2 is 2.24 bits per heavy atom. The first-order valence-corrected chi connectivity index (χ1v) is 8.68. The summed E-state index contributed by atoms with van der Waals surface area (Å²) >= 11 is 0. The molecule has 1 aliphatic rings. The molecular weight excluding hydrogens is 318 g/mol. The number of likely N-dealkylation sites (N-methyl/N-ethyl adjacent to an activating group) is 1. The topological polar surface area (TPSA) is 78.0 Å². The molecule has 0 radical (unpaired) electrons. The fraction of sp³-hybridized carbons (Fsp3) is 0.556. The van der Waals surface area contributed by atoms with E-state index in [0.29, 0.717) is 5.56 Å². The largest absolute Gasteiger partial charge is 0.374 e. The molecule has 7 heteroatoms. The van der Waals surface area contributed by atoms with Gasteiger partial charge in [-0.25, -0.2) is 0 Å². The van der Waals surface area contributed by atoms with Crippen LogP contribution in [0.3, 0.4) is 0 Å². The molecule has 1 aromatic carbocycles. The molecular formula is C18H29N5O2. The molecule has 25 heavy (non-hydrogen) atoms. The Balaban J connectivity index is 1.74.